The van der Waals surface area contributed by atoms with Crippen LogP contribution in [0.4, 0.5) is 0 Å². The van der Waals surface area contributed by atoms with E-state index in [1.54, 1.807) is 0 Å². The van der Waals surface area contributed by atoms with Crippen molar-refractivity contribution in [2.45, 2.75) is 32.7 Å². The van der Waals surface area contributed by atoms with Crippen LogP contribution in [0, 0.1) is 5.92 Å². The fraction of sp³-hybridized carbons (Fsp3) is 0.900. The molecule has 4 heteroatoms. The van der Waals surface area contributed by atoms with E-state index >= 15 is 0 Å². The van der Waals surface area contributed by atoms with E-state index in [0.29, 0.717) is 12.0 Å². The summed E-state index contributed by atoms with van der Waals surface area (Å²) in [6.07, 6.45) is 2.58. The predicted molar refractivity (Wildman–Crippen MR) is 68.9 cm³/mol. The molecule has 0 aromatic rings. The third-order valence-electron chi connectivity index (χ3n) is 2.17. The average Bonchev–Trinajstić information content (AvgIpc) is 2.16. The molecule has 2 N–H and O–H groups in total. The second-order valence-electron chi connectivity index (χ2n) is 4.16. The molecule has 82 valence electrons. The molecule has 1 atom stereocenters. The minimum atomic E-state index is 0.584. The maximum absolute atomic E-state index is 5.22. The van der Waals surface area contributed by atoms with E-state index in [-0.39, 0.29) is 0 Å². The van der Waals surface area contributed by atoms with Crippen LogP contribution in [-0.4, -0.2) is 29.2 Å². The van der Waals surface area contributed by atoms with Gasteiger partial charge in [-0.25, -0.2) is 0 Å². The van der Waals surface area contributed by atoms with Crippen LogP contribution in [0.2, 0.25) is 0 Å². The second-order valence-corrected chi connectivity index (χ2v) is 5.72. The Kier molecular flexibility index (Phi) is 5.63. The zero-order valence-corrected chi connectivity index (χ0v) is 10.6. The summed E-state index contributed by atoms with van der Waals surface area (Å²) in [5, 5.41) is 7.44. The van der Waals surface area contributed by atoms with Crippen LogP contribution in [0.1, 0.15) is 26.7 Å². The molecule has 1 fully saturated rings. The number of thiocarbonyl (C=S) groups is 1. The minimum absolute atomic E-state index is 0.584. The highest BCUT2D eigenvalue weighted by atomic mass is 32.2. The van der Waals surface area contributed by atoms with E-state index in [4.69, 9.17) is 12.2 Å². The summed E-state index contributed by atoms with van der Waals surface area (Å²) in [6, 6.07) is 0.584. The fourth-order valence-corrected chi connectivity index (χ4v) is 2.71. The molecule has 0 aliphatic carbocycles. The number of thioether (sulfide) groups is 1. The summed E-state index contributed by atoms with van der Waals surface area (Å²) >= 11 is 7.24. The largest absolute Gasteiger partial charge is 0.362 e. The quantitative estimate of drug-likeness (QED) is 0.727. The first-order valence-corrected chi connectivity index (χ1v) is 6.87. The third-order valence-corrected chi connectivity index (χ3v) is 3.64. The van der Waals surface area contributed by atoms with Crippen molar-refractivity contribution in [1.29, 1.82) is 0 Å². The number of rotatable bonds is 3. The molecule has 0 amide bonds. The topological polar surface area (TPSA) is 24.1 Å². The van der Waals surface area contributed by atoms with Crippen LogP contribution in [0.25, 0.3) is 0 Å². The lowest BCUT2D eigenvalue weighted by molar-refractivity contribution is 0.572. The highest BCUT2D eigenvalue weighted by molar-refractivity contribution is 7.99. The van der Waals surface area contributed by atoms with Gasteiger partial charge in [0.1, 0.15) is 0 Å². The summed E-state index contributed by atoms with van der Waals surface area (Å²) in [5.74, 6) is 3.16. The van der Waals surface area contributed by atoms with Crippen LogP contribution in [0.3, 0.4) is 0 Å². The Bertz CT molecular complexity index is 177. The Labute approximate surface area is 96.6 Å². The highest BCUT2D eigenvalue weighted by Crippen LogP contribution is 2.16. The van der Waals surface area contributed by atoms with Gasteiger partial charge in [0, 0.05) is 18.3 Å². The summed E-state index contributed by atoms with van der Waals surface area (Å²) in [5.41, 5.74) is 0. The molecule has 1 rings (SSSR count). The number of hydrogen-bond donors (Lipinski definition) is 2. The highest BCUT2D eigenvalue weighted by Gasteiger charge is 2.13. The Balaban J connectivity index is 2.12. The van der Waals surface area contributed by atoms with Crippen molar-refractivity contribution >= 4 is 29.1 Å². The molecular formula is C10H20N2S2. The maximum Gasteiger partial charge on any atom is 0.166 e. The standard InChI is InChI=1S/C10H20N2S2/c1-8(2)6-11-10(13)12-9-4-3-5-14-7-9/h8-9H,3-7H2,1-2H3,(H2,11,12,13). The van der Waals surface area contributed by atoms with Gasteiger partial charge in [0.2, 0.25) is 0 Å². The first-order chi connectivity index (χ1) is 6.68. The Morgan fingerprint density at radius 2 is 2.36 bits per heavy atom. The smallest absolute Gasteiger partial charge is 0.166 e. The van der Waals surface area contributed by atoms with Crippen LogP contribution >= 0.6 is 24.0 Å². The molecule has 0 spiro atoms. The zero-order valence-electron chi connectivity index (χ0n) is 9.01. The normalized spacial score (nSPS) is 22.1. The Hall–Kier alpha value is 0.0400. The van der Waals surface area contributed by atoms with Crippen LogP contribution in [0.5, 0.6) is 0 Å². The third kappa shape index (κ3) is 5.05. The summed E-state index contributed by atoms with van der Waals surface area (Å²) < 4.78 is 0. The van der Waals surface area contributed by atoms with Crippen molar-refractivity contribution in [2.75, 3.05) is 18.1 Å². The van der Waals surface area contributed by atoms with Crippen molar-refractivity contribution in [3.8, 4) is 0 Å². The van der Waals surface area contributed by atoms with E-state index in [1.165, 1.54) is 24.3 Å². The van der Waals surface area contributed by atoms with Gasteiger partial charge in [0.25, 0.3) is 0 Å². The van der Waals surface area contributed by atoms with Crippen molar-refractivity contribution in [1.82, 2.24) is 10.6 Å². The number of nitrogens with one attached hydrogen (secondary N) is 2. The van der Waals surface area contributed by atoms with Gasteiger partial charge in [-0.15, -0.1) is 0 Å². The first-order valence-electron chi connectivity index (χ1n) is 5.30. The summed E-state index contributed by atoms with van der Waals surface area (Å²) in [7, 11) is 0. The lowest BCUT2D eigenvalue weighted by Gasteiger charge is -2.24. The van der Waals surface area contributed by atoms with E-state index < -0.39 is 0 Å². The molecule has 1 aliphatic heterocycles. The lowest BCUT2D eigenvalue weighted by Crippen LogP contribution is -2.45. The van der Waals surface area contributed by atoms with Gasteiger partial charge >= 0.3 is 0 Å². The van der Waals surface area contributed by atoms with E-state index in [1.807, 2.05) is 11.8 Å². The Morgan fingerprint density at radius 3 is 2.93 bits per heavy atom. The van der Waals surface area contributed by atoms with E-state index in [9.17, 15) is 0 Å². The molecule has 1 aliphatic rings. The van der Waals surface area contributed by atoms with Crippen LogP contribution < -0.4 is 10.6 Å². The molecular weight excluding hydrogens is 212 g/mol. The first kappa shape index (κ1) is 12.1. The molecule has 14 heavy (non-hydrogen) atoms. The Morgan fingerprint density at radius 1 is 1.57 bits per heavy atom. The van der Waals surface area contributed by atoms with Crippen molar-refractivity contribution in [3.05, 3.63) is 0 Å². The van der Waals surface area contributed by atoms with Gasteiger partial charge in [-0.05, 0) is 36.7 Å². The molecule has 0 saturated carbocycles. The zero-order chi connectivity index (χ0) is 10.4. The monoisotopic (exact) mass is 232 g/mol. The van der Waals surface area contributed by atoms with Gasteiger partial charge < -0.3 is 10.6 Å². The van der Waals surface area contributed by atoms with Gasteiger partial charge in [0.15, 0.2) is 5.11 Å². The van der Waals surface area contributed by atoms with Gasteiger partial charge in [-0.2, -0.15) is 11.8 Å². The van der Waals surface area contributed by atoms with Gasteiger partial charge in [-0.3, -0.25) is 0 Å². The van der Waals surface area contributed by atoms with Crippen LogP contribution in [-0.2, 0) is 0 Å². The lowest BCUT2D eigenvalue weighted by atomic mass is 10.2. The molecule has 2 nitrogen and oxygen atoms in total. The van der Waals surface area contributed by atoms with Crippen molar-refractivity contribution < 1.29 is 0 Å². The summed E-state index contributed by atoms with van der Waals surface area (Å²) in [6.45, 7) is 5.34. The molecule has 1 saturated heterocycles. The van der Waals surface area contributed by atoms with Crippen LogP contribution in [0.15, 0.2) is 0 Å². The maximum atomic E-state index is 5.22. The SMILES string of the molecule is CC(C)CNC(=S)NC1CCCSC1. The predicted octanol–water partition coefficient (Wildman–Crippen LogP) is 2.00. The van der Waals surface area contributed by atoms with Crippen molar-refractivity contribution in [2.24, 2.45) is 5.92 Å². The molecule has 0 radical (unpaired) electrons. The second kappa shape index (κ2) is 6.51. The number of hydrogen-bond acceptors (Lipinski definition) is 2. The van der Waals surface area contributed by atoms with E-state index in [0.717, 1.165) is 11.7 Å². The average molecular weight is 232 g/mol. The molecule has 0 bridgehead atoms. The minimum Gasteiger partial charge on any atom is -0.362 e. The van der Waals surface area contributed by atoms with Gasteiger partial charge in [0.05, 0.1) is 0 Å². The molecule has 0 aromatic carbocycles. The van der Waals surface area contributed by atoms with Crippen molar-refractivity contribution in [3.63, 3.8) is 0 Å². The molecule has 1 heterocycles. The van der Waals surface area contributed by atoms with E-state index in [2.05, 4.69) is 24.5 Å². The fourth-order valence-electron chi connectivity index (χ4n) is 1.39. The molecule has 0 aromatic heterocycles. The van der Waals surface area contributed by atoms with Gasteiger partial charge in [-0.1, -0.05) is 13.8 Å². The summed E-state index contributed by atoms with van der Waals surface area (Å²) in [4.78, 5) is 0. The molecule has 1 unspecified atom stereocenters.